The number of para-hydroxylation sites is 2. The number of hydrogen-bond acceptors (Lipinski definition) is 3. The minimum Gasteiger partial charge on any atom is -0.352 e. The summed E-state index contributed by atoms with van der Waals surface area (Å²) in [5.41, 5.74) is 4.54. The van der Waals surface area contributed by atoms with Crippen LogP contribution in [0.5, 0.6) is 0 Å². The van der Waals surface area contributed by atoms with Gasteiger partial charge in [-0.3, -0.25) is 4.79 Å². The molecule has 0 atom stereocenters. The summed E-state index contributed by atoms with van der Waals surface area (Å²) in [6, 6.07) is 21.8. The van der Waals surface area contributed by atoms with Crippen molar-refractivity contribution in [2.24, 2.45) is 0 Å². The van der Waals surface area contributed by atoms with Gasteiger partial charge in [-0.1, -0.05) is 54.2 Å². The van der Waals surface area contributed by atoms with E-state index in [0.29, 0.717) is 24.3 Å². The lowest BCUT2D eigenvalue weighted by atomic mass is 10.1. The number of fused-ring (bicyclic) bond motifs is 1. The molecule has 1 heterocycles. The maximum Gasteiger partial charge on any atom is 0.251 e. The Bertz CT molecular complexity index is 1090. The van der Waals surface area contributed by atoms with Crippen LogP contribution in [0.15, 0.2) is 78.0 Å². The highest BCUT2D eigenvalue weighted by Crippen LogP contribution is 2.24. The molecular formula is C23H20FN3OS. The number of halogens is 1. The van der Waals surface area contributed by atoms with Gasteiger partial charge in [-0.25, -0.2) is 9.37 Å². The Balaban J connectivity index is 1.37. The molecule has 4 aromatic rings. The minimum atomic E-state index is -0.256. The smallest absolute Gasteiger partial charge is 0.251 e. The number of nitrogens with one attached hydrogen (secondary N) is 2. The highest BCUT2D eigenvalue weighted by molar-refractivity contribution is 7.98. The molecule has 2 N–H and O–H groups in total. The second kappa shape index (κ2) is 8.92. The van der Waals surface area contributed by atoms with Gasteiger partial charge >= 0.3 is 0 Å². The van der Waals surface area contributed by atoms with Crippen molar-refractivity contribution in [3.63, 3.8) is 0 Å². The average Bonchev–Trinajstić information content (AvgIpc) is 3.17. The third kappa shape index (κ3) is 4.84. The molecule has 0 bridgehead atoms. The summed E-state index contributed by atoms with van der Waals surface area (Å²) in [5, 5.41) is 3.79. The molecule has 4 nitrogen and oxygen atoms in total. The van der Waals surface area contributed by atoms with E-state index in [1.54, 1.807) is 23.9 Å². The first-order valence-corrected chi connectivity index (χ1v) is 10.4. The summed E-state index contributed by atoms with van der Waals surface area (Å²) < 4.78 is 13.0. The highest BCUT2D eigenvalue weighted by Gasteiger charge is 2.12. The van der Waals surface area contributed by atoms with E-state index in [9.17, 15) is 9.18 Å². The summed E-state index contributed by atoms with van der Waals surface area (Å²) in [6.07, 6.45) is 0.655. The van der Waals surface area contributed by atoms with Gasteiger partial charge in [0, 0.05) is 17.9 Å². The van der Waals surface area contributed by atoms with Crippen LogP contribution in [0.2, 0.25) is 0 Å². The summed E-state index contributed by atoms with van der Waals surface area (Å²) in [7, 11) is 0. The lowest BCUT2D eigenvalue weighted by Crippen LogP contribution is -2.26. The zero-order valence-corrected chi connectivity index (χ0v) is 16.5. The van der Waals surface area contributed by atoms with Crippen LogP contribution in [-0.2, 0) is 12.2 Å². The summed E-state index contributed by atoms with van der Waals surface area (Å²) in [4.78, 5) is 20.5. The maximum atomic E-state index is 13.0. The molecular weight excluding hydrogens is 385 g/mol. The number of rotatable bonds is 7. The van der Waals surface area contributed by atoms with Crippen LogP contribution in [-0.4, -0.2) is 22.4 Å². The fourth-order valence-electron chi connectivity index (χ4n) is 3.08. The first kappa shape index (κ1) is 19.2. The van der Waals surface area contributed by atoms with Crippen molar-refractivity contribution in [1.82, 2.24) is 15.3 Å². The highest BCUT2D eigenvalue weighted by atomic mass is 32.2. The number of amides is 1. The van der Waals surface area contributed by atoms with Gasteiger partial charge in [0.05, 0.1) is 11.0 Å². The number of carbonyl (C=O) groups excluding carboxylic acids is 1. The molecule has 29 heavy (non-hydrogen) atoms. The fourth-order valence-corrected chi connectivity index (χ4v) is 3.97. The van der Waals surface area contributed by atoms with Gasteiger partial charge < -0.3 is 10.3 Å². The number of carbonyl (C=O) groups is 1. The molecule has 3 aromatic carbocycles. The van der Waals surface area contributed by atoms with Crippen LogP contribution < -0.4 is 5.32 Å². The van der Waals surface area contributed by atoms with Crippen molar-refractivity contribution in [2.75, 3.05) is 6.54 Å². The molecule has 0 unspecified atom stereocenters. The Morgan fingerprint density at radius 1 is 1.00 bits per heavy atom. The van der Waals surface area contributed by atoms with E-state index in [-0.39, 0.29) is 11.7 Å². The van der Waals surface area contributed by atoms with E-state index in [4.69, 9.17) is 0 Å². The van der Waals surface area contributed by atoms with Crippen molar-refractivity contribution in [2.45, 2.75) is 17.3 Å². The SMILES string of the molecule is O=C(NCCc1ccc(F)cc1)c1ccccc1CSc1nc2ccccc2[nH]1. The van der Waals surface area contributed by atoms with Gasteiger partial charge in [-0.05, 0) is 47.9 Å². The first-order valence-electron chi connectivity index (χ1n) is 9.37. The molecule has 146 valence electrons. The average molecular weight is 405 g/mol. The molecule has 0 aliphatic rings. The van der Waals surface area contributed by atoms with E-state index >= 15 is 0 Å². The Morgan fingerprint density at radius 3 is 2.59 bits per heavy atom. The third-order valence-corrected chi connectivity index (χ3v) is 5.53. The molecule has 0 radical (unpaired) electrons. The van der Waals surface area contributed by atoms with Crippen LogP contribution in [0.25, 0.3) is 11.0 Å². The summed E-state index contributed by atoms with van der Waals surface area (Å²) in [5.74, 6) is 0.281. The molecule has 4 rings (SSSR count). The van der Waals surface area contributed by atoms with Crippen molar-refractivity contribution in [3.8, 4) is 0 Å². The van der Waals surface area contributed by atoms with Crippen LogP contribution in [0.3, 0.4) is 0 Å². The van der Waals surface area contributed by atoms with Crippen LogP contribution in [0.4, 0.5) is 4.39 Å². The number of benzene rings is 3. The molecule has 0 saturated carbocycles. The lowest BCUT2D eigenvalue weighted by Gasteiger charge is -2.10. The van der Waals surface area contributed by atoms with Gasteiger partial charge in [0.25, 0.3) is 5.91 Å². The molecule has 0 spiro atoms. The fraction of sp³-hybridized carbons (Fsp3) is 0.130. The number of nitrogens with zero attached hydrogens (tertiary/aromatic N) is 1. The Hall–Kier alpha value is -3.12. The predicted octanol–water partition coefficient (Wildman–Crippen LogP) is 4.97. The molecule has 0 saturated heterocycles. The Labute approximate surface area is 172 Å². The second-order valence-corrected chi connectivity index (χ2v) is 7.60. The van der Waals surface area contributed by atoms with Crippen molar-refractivity contribution in [1.29, 1.82) is 0 Å². The van der Waals surface area contributed by atoms with E-state index in [1.165, 1.54) is 12.1 Å². The van der Waals surface area contributed by atoms with Crippen LogP contribution in [0, 0.1) is 5.82 Å². The van der Waals surface area contributed by atoms with Crippen LogP contribution >= 0.6 is 11.8 Å². The summed E-state index contributed by atoms with van der Waals surface area (Å²) in [6.45, 7) is 0.496. The van der Waals surface area contributed by atoms with E-state index in [0.717, 1.165) is 27.3 Å². The second-order valence-electron chi connectivity index (χ2n) is 6.64. The molecule has 1 amide bonds. The number of H-pyrrole nitrogens is 1. The van der Waals surface area contributed by atoms with Gasteiger partial charge in [0.2, 0.25) is 0 Å². The number of hydrogen-bond donors (Lipinski definition) is 2. The molecule has 0 aliphatic heterocycles. The quantitative estimate of drug-likeness (QED) is 0.427. The zero-order valence-electron chi connectivity index (χ0n) is 15.7. The Kier molecular flexibility index (Phi) is 5.91. The van der Waals surface area contributed by atoms with Gasteiger partial charge in [-0.15, -0.1) is 0 Å². The number of aromatic nitrogens is 2. The first-order chi connectivity index (χ1) is 14.2. The maximum absolute atomic E-state index is 13.0. The lowest BCUT2D eigenvalue weighted by molar-refractivity contribution is 0.0953. The monoisotopic (exact) mass is 405 g/mol. The van der Waals surface area contributed by atoms with Crippen LogP contribution in [0.1, 0.15) is 21.5 Å². The van der Waals surface area contributed by atoms with E-state index in [1.807, 2.05) is 48.5 Å². The standard InChI is InChI=1S/C23H20FN3OS/c24-18-11-9-16(10-12-18)13-14-25-22(28)19-6-2-1-5-17(19)15-29-23-26-20-7-3-4-8-21(20)27-23/h1-12H,13-15H2,(H,25,28)(H,26,27). The summed E-state index contributed by atoms with van der Waals surface area (Å²) >= 11 is 1.57. The van der Waals surface area contributed by atoms with Gasteiger partial charge in [0.1, 0.15) is 5.82 Å². The molecule has 0 aliphatic carbocycles. The molecule has 6 heteroatoms. The number of imidazole rings is 1. The predicted molar refractivity (Wildman–Crippen MR) is 115 cm³/mol. The topological polar surface area (TPSA) is 57.8 Å². The molecule has 0 fully saturated rings. The van der Waals surface area contributed by atoms with Gasteiger partial charge in [-0.2, -0.15) is 0 Å². The van der Waals surface area contributed by atoms with E-state index in [2.05, 4.69) is 15.3 Å². The zero-order chi connectivity index (χ0) is 20.1. The normalized spacial score (nSPS) is 10.9. The third-order valence-electron chi connectivity index (χ3n) is 4.61. The van der Waals surface area contributed by atoms with Crippen molar-refractivity contribution in [3.05, 3.63) is 95.3 Å². The molecule has 1 aromatic heterocycles. The number of thioether (sulfide) groups is 1. The number of aromatic amines is 1. The van der Waals surface area contributed by atoms with Gasteiger partial charge in [0.15, 0.2) is 5.16 Å². The van der Waals surface area contributed by atoms with Crippen molar-refractivity contribution < 1.29 is 9.18 Å². The largest absolute Gasteiger partial charge is 0.352 e. The Morgan fingerprint density at radius 2 is 1.76 bits per heavy atom. The minimum absolute atomic E-state index is 0.104. The van der Waals surface area contributed by atoms with Crippen molar-refractivity contribution >= 4 is 28.7 Å². The van der Waals surface area contributed by atoms with E-state index < -0.39 is 0 Å².